The highest BCUT2D eigenvalue weighted by Gasteiger charge is 2.39. The van der Waals surface area contributed by atoms with Gasteiger partial charge in [0, 0.05) is 11.1 Å². The van der Waals surface area contributed by atoms with E-state index in [0.717, 1.165) is 25.3 Å². The van der Waals surface area contributed by atoms with Gasteiger partial charge < -0.3 is 15.9 Å². The average Bonchev–Trinajstić information content (AvgIpc) is 2.31. The fourth-order valence-electron chi connectivity index (χ4n) is 2.66. The average molecular weight is 275 g/mol. The summed E-state index contributed by atoms with van der Waals surface area (Å²) in [5, 5.41) is 19.4. The van der Waals surface area contributed by atoms with E-state index in [1.807, 2.05) is 0 Å². The normalized spacial score (nSPS) is 19.4. The largest absolute Gasteiger partial charge is 0.504 e. The molecule has 106 valence electrons. The second-order valence-electron chi connectivity index (χ2n) is 5.07. The molecular formula is C13H16F3NO2. The predicted octanol–water partition coefficient (Wildman–Crippen LogP) is 3.23. The van der Waals surface area contributed by atoms with Crippen LogP contribution in [-0.4, -0.2) is 10.2 Å². The van der Waals surface area contributed by atoms with E-state index in [4.69, 9.17) is 5.73 Å². The molecule has 1 fully saturated rings. The van der Waals surface area contributed by atoms with Crippen molar-refractivity contribution in [1.29, 1.82) is 0 Å². The molecule has 0 saturated heterocycles. The number of alkyl halides is 3. The quantitative estimate of drug-likeness (QED) is 0.689. The summed E-state index contributed by atoms with van der Waals surface area (Å²) in [4.78, 5) is 0. The highest BCUT2D eigenvalue weighted by atomic mass is 19.4. The molecule has 0 spiro atoms. The predicted molar refractivity (Wildman–Crippen MR) is 63.7 cm³/mol. The Hall–Kier alpha value is -1.43. The highest BCUT2D eigenvalue weighted by Crippen LogP contribution is 2.47. The van der Waals surface area contributed by atoms with Crippen LogP contribution in [0.15, 0.2) is 12.1 Å². The van der Waals surface area contributed by atoms with E-state index in [1.54, 1.807) is 0 Å². The van der Waals surface area contributed by atoms with Crippen molar-refractivity contribution in [1.82, 2.24) is 0 Å². The van der Waals surface area contributed by atoms with Crippen LogP contribution in [0.4, 0.5) is 13.2 Å². The molecule has 0 bridgehead atoms. The third-order valence-corrected chi connectivity index (χ3v) is 3.74. The van der Waals surface area contributed by atoms with Crippen molar-refractivity contribution in [3.63, 3.8) is 0 Å². The zero-order chi connectivity index (χ0) is 14.3. The zero-order valence-corrected chi connectivity index (χ0v) is 10.3. The van der Waals surface area contributed by atoms with Gasteiger partial charge in [-0.3, -0.25) is 0 Å². The molecule has 1 aliphatic rings. The smallest absolute Gasteiger partial charge is 0.420 e. The molecule has 2 rings (SSSR count). The van der Waals surface area contributed by atoms with Gasteiger partial charge in [-0.2, -0.15) is 13.2 Å². The van der Waals surface area contributed by atoms with Crippen molar-refractivity contribution >= 4 is 0 Å². The lowest BCUT2D eigenvalue weighted by Crippen LogP contribution is -2.38. The molecule has 1 aromatic carbocycles. The van der Waals surface area contributed by atoms with Crippen LogP contribution in [0.3, 0.4) is 0 Å². The molecule has 0 heterocycles. The maximum Gasteiger partial charge on any atom is 0.420 e. The van der Waals surface area contributed by atoms with E-state index in [2.05, 4.69) is 0 Å². The summed E-state index contributed by atoms with van der Waals surface area (Å²) >= 11 is 0. The zero-order valence-electron chi connectivity index (χ0n) is 10.3. The van der Waals surface area contributed by atoms with Crippen LogP contribution in [0.1, 0.15) is 43.2 Å². The molecule has 0 radical (unpaired) electrons. The summed E-state index contributed by atoms with van der Waals surface area (Å²) in [5.74, 6) is -1.89. The molecule has 6 heteroatoms. The SMILES string of the molecule is NC1(c2ccc(C(F)(F)F)c(O)c2O)CCCCC1. The molecule has 19 heavy (non-hydrogen) atoms. The molecule has 0 unspecified atom stereocenters. The van der Waals surface area contributed by atoms with Crippen molar-refractivity contribution in [3.8, 4) is 11.5 Å². The molecule has 3 nitrogen and oxygen atoms in total. The van der Waals surface area contributed by atoms with Gasteiger partial charge in [0.15, 0.2) is 11.5 Å². The van der Waals surface area contributed by atoms with Gasteiger partial charge in [-0.25, -0.2) is 0 Å². The first-order valence-electron chi connectivity index (χ1n) is 6.17. The first kappa shape index (κ1) is 14.0. The summed E-state index contributed by atoms with van der Waals surface area (Å²) in [7, 11) is 0. The van der Waals surface area contributed by atoms with Crippen LogP contribution in [0.25, 0.3) is 0 Å². The van der Waals surface area contributed by atoms with Gasteiger partial charge in [-0.05, 0) is 18.9 Å². The van der Waals surface area contributed by atoms with Gasteiger partial charge in [0.25, 0.3) is 0 Å². The summed E-state index contributed by atoms with van der Waals surface area (Å²) in [6.07, 6.45) is -0.785. The van der Waals surface area contributed by atoms with E-state index in [9.17, 15) is 23.4 Å². The molecule has 0 aromatic heterocycles. The summed E-state index contributed by atoms with van der Waals surface area (Å²) in [6, 6.07) is 1.94. The Balaban J connectivity index is 2.47. The Morgan fingerprint density at radius 3 is 2.11 bits per heavy atom. The Kier molecular flexibility index (Phi) is 3.38. The maximum absolute atomic E-state index is 12.6. The fourth-order valence-corrected chi connectivity index (χ4v) is 2.66. The fraction of sp³-hybridized carbons (Fsp3) is 0.538. The molecular weight excluding hydrogens is 259 g/mol. The van der Waals surface area contributed by atoms with Gasteiger partial charge in [0.1, 0.15) is 5.56 Å². The van der Waals surface area contributed by atoms with E-state index in [-0.39, 0.29) is 5.56 Å². The number of phenols is 2. The van der Waals surface area contributed by atoms with E-state index in [0.29, 0.717) is 12.8 Å². The summed E-state index contributed by atoms with van der Waals surface area (Å²) < 4.78 is 37.8. The van der Waals surface area contributed by atoms with Gasteiger partial charge in [-0.1, -0.05) is 25.3 Å². The monoisotopic (exact) mass is 275 g/mol. The lowest BCUT2D eigenvalue weighted by Gasteiger charge is -2.34. The number of benzene rings is 1. The number of phenolic OH excluding ortho intramolecular Hbond substituents is 2. The topological polar surface area (TPSA) is 66.5 Å². The van der Waals surface area contributed by atoms with Crippen LogP contribution >= 0.6 is 0 Å². The summed E-state index contributed by atoms with van der Waals surface area (Å²) in [5.41, 5.74) is 4.25. The number of halogens is 3. The van der Waals surface area contributed by atoms with Crippen LogP contribution in [0.5, 0.6) is 11.5 Å². The highest BCUT2D eigenvalue weighted by molar-refractivity contribution is 5.53. The Morgan fingerprint density at radius 2 is 1.58 bits per heavy atom. The van der Waals surface area contributed by atoms with Crippen LogP contribution in [-0.2, 0) is 11.7 Å². The standard InChI is InChI=1S/C13H16F3NO2/c14-13(15,16)9-5-4-8(10(18)11(9)19)12(17)6-2-1-3-7-12/h4-5,18-19H,1-3,6-7,17H2. The number of hydrogen-bond acceptors (Lipinski definition) is 3. The molecule has 0 amide bonds. The van der Waals surface area contributed by atoms with Crippen molar-refractivity contribution in [2.45, 2.75) is 43.8 Å². The Morgan fingerprint density at radius 1 is 1.00 bits per heavy atom. The lowest BCUT2D eigenvalue weighted by atomic mass is 9.77. The first-order chi connectivity index (χ1) is 8.76. The van der Waals surface area contributed by atoms with Gasteiger partial charge in [0.05, 0.1) is 0 Å². The van der Waals surface area contributed by atoms with Gasteiger partial charge in [-0.15, -0.1) is 0 Å². The second-order valence-corrected chi connectivity index (χ2v) is 5.07. The molecule has 1 aromatic rings. The van der Waals surface area contributed by atoms with Crippen LogP contribution < -0.4 is 5.73 Å². The maximum atomic E-state index is 12.6. The minimum Gasteiger partial charge on any atom is -0.504 e. The minimum absolute atomic E-state index is 0.192. The molecule has 1 aliphatic carbocycles. The number of rotatable bonds is 1. The van der Waals surface area contributed by atoms with Crippen LogP contribution in [0.2, 0.25) is 0 Å². The van der Waals surface area contributed by atoms with Crippen LogP contribution in [0, 0.1) is 0 Å². The van der Waals surface area contributed by atoms with Crippen molar-refractivity contribution in [2.75, 3.05) is 0 Å². The Labute approximate surface area is 108 Å². The van der Waals surface area contributed by atoms with E-state index < -0.39 is 28.8 Å². The number of aromatic hydroxyl groups is 2. The van der Waals surface area contributed by atoms with Gasteiger partial charge >= 0.3 is 6.18 Å². The summed E-state index contributed by atoms with van der Waals surface area (Å²) in [6.45, 7) is 0. The molecule has 4 N–H and O–H groups in total. The van der Waals surface area contributed by atoms with Crippen molar-refractivity contribution in [2.24, 2.45) is 5.73 Å². The van der Waals surface area contributed by atoms with Crippen molar-refractivity contribution < 1.29 is 23.4 Å². The van der Waals surface area contributed by atoms with E-state index in [1.165, 1.54) is 6.07 Å². The molecule has 0 atom stereocenters. The minimum atomic E-state index is -4.70. The van der Waals surface area contributed by atoms with Crippen molar-refractivity contribution in [3.05, 3.63) is 23.3 Å². The number of hydrogen-bond donors (Lipinski definition) is 3. The second kappa shape index (κ2) is 4.59. The number of nitrogens with two attached hydrogens (primary N) is 1. The lowest BCUT2D eigenvalue weighted by molar-refractivity contribution is -0.138. The van der Waals surface area contributed by atoms with Gasteiger partial charge in [0.2, 0.25) is 0 Å². The third-order valence-electron chi connectivity index (χ3n) is 3.74. The first-order valence-corrected chi connectivity index (χ1v) is 6.17. The third kappa shape index (κ3) is 2.49. The molecule has 1 saturated carbocycles. The molecule has 0 aliphatic heterocycles. The Bertz CT molecular complexity index is 480. The van der Waals surface area contributed by atoms with E-state index >= 15 is 0 Å².